The maximum Gasteiger partial charge on any atom is 0.256 e. The summed E-state index contributed by atoms with van der Waals surface area (Å²) in [5.74, 6) is 0. The first-order chi connectivity index (χ1) is 7.65. The van der Waals surface area contributed by atoms with Gasteiger partial charge in [-0.05, 0) is 31.4 Å². The van der Waals surface area contributed by atoms with Gasteiger partial charge >= 0.3 is 0 Å². The summed E-state index contributed by atoms with van der Waals surface area (Å²) < 4.78 is 1.69. The van der Waals surface area contributed by atoms with Gasteiger partial charge in [-0.3, -0.25) is 4.79 Å². The van der Waals surface area contributed by atoms with Gasteiger partial charge in [-0.2, -0.15) is 0 Å². The van der Waals surface area contributed by atoms with Crippen molar-refractivity contribution in [2.75, 3.05) is 0 Å². The largest absolute Gasteiger partial charge is 0.388 e. The number of fused-ring (bicyclic) bond motifs is 1. The lowest BCUT2D eigenvalue weighted by atomic mass is 10.1. The number of aromatic nitrogens is 1. The van der Waals surface area contributed by atoms with Crippen LogP contribution in [0.4, 0.5) is 0 Å². The van der Waals surface area contributed by atoms with E-state index in [1.165, 1.54) is 0 Å². The summed E-state index contributed by atoms with van der Waals surface area (Å²) in [7, 11) is 0. The zero-order chi connectivity index (χ0) is 11.7. The summed E-state index contributed by atoms with van der Waals surface area (Å²) in [4.78, 5) is 12.1. The summed E-state index contributed by atoms with van der Waals surface area (Å²) in [6, 6.07) is 9.49. The van der Waals surface area contributed by atoms with E-state index in [9.17, 15) is 9.90 Å². The Morgan fingerprint density at radius 3 is 2.69 bits per heavy atom. The fourth-order valence-electron chi connectivity index (χ4n) is 1.96. The molecule has 0 aliphatic carbocycles. The van der Waals surface area contributed by atoms with Crippen molar-refractivity contribution in [3.05, 3.63) is 46.2 Å². The minimum Gasteiger partial charge on any atom is -0.388 e. The van der Waals surface area contributed by atoms with Gasteiger partial charge in [0.25, 0.3) is 5.56 Å². The van der Waals surface area contributed by atoms with E-state index in [1.807, 2.05) is 31.2 Å². The summed E-state index contributed by atoms with van der Waals surface area (Å²) in [6.45, 7) is 4.16. The predicted octanol–water partition coefficient (Wildman–Crippen LogP) is 2.07. The molecule has 1 atom stereocenters. The van der Waals surface area contributed by atoms with Crippen LogP contribution in [0.1, 0.15) is 25.5 Å². The van der Waals surface area contributed by atoms with Crippen molar-refractivity contribution < 1.29 is 5.11 Å². The first-order valence-electron chi connectivity index (χ1n) is 5.45. The van der Waals surface area contributed by atoms with Gasteiger partial charge in [0.2, 0.25) is 0 Å². The van der Waals surface area contributed by atoms with E-state index in [0.29, 0.717) is 12.1 Å². The average molecular weight is 217 g/mol. The van der Waals surface area contributed by atoms with Crippen molar-refractivity contribution in [2.45, 2.75) is 26.5 Å². The Morgan fingerprint density at radius 2 is 2.06 bits per heavy atom. The van der Waals surface area contributed by atoms with Crippen molar-refractivity contribution >= 4 is 10.9 Å². The molecule has 0 saturated carbocycles. The Labute approximate surface area is 94.0 Å². The van der Waals surface area contributed by atoms with E-state index >= 15 is 0 Å². The quantitative estimate of drug-likeness (QED) is 0.836. The van der Waals surface area contributed by atoms with Gasteiger partial charge in [0.05, 0.1) is 11.6 Å². The second-order valence-corrected chi connectivity index (χ2v) is 3.88. The fourth-order valence-corrected chi connectivity index (χ4v) is 1.96. The van der Waals surface area contributed by atoms with Crippen LogP contribution in [0.2, 0.25) is 0 Å². The topological polar surface area (TPSA) is 42.2 Å². The molecular formula is C13H15NO2. The number of para-hydroxylation sites is 1. The summed E-state index contributed by atoms with van der Waals surface area (Å²) in [5.41, 5.74) is 1.27. The molecule has 0 aliphatic rings. The molecule has 0 saturated heterocycles. The highest BCUT2D eigenvalue weighted by Gasteiger charge is 2.11. The molecule has 0 amide bonds. The van der Waals surface area contributed by atoms with Gasteiger partial charge in [-0.1, -0.05) is 18.2 Å². The maximum atomic E-state index is 12.1. The molecule has 0 bridgehead atoms. The van der Waals surface area contributed by atoms with E-state index in [-0.39, 0.29) is 5.56 Å². The monoisotopic (exact) mass is 217 g/mol. The van der Waals surface area contributed by atoms with E-state index in [1.54, 1.807) is 17.6 Å². The molecule has 0 aliphatic heterocycles. The van der Waals surface area contributed by atoms with E-state index in [0.717, 1.165) is 10.9 Å². The van der Waals surface area contributed by atoms with Crippen LogP contribution < -0.4 is 5.56 Å². The van der Waals surface area contributed by atoms with Gasteiger partial charge in [0.15, 0.2) is 0 Å². The van der Waals surface area contributed by atoms with Crippen LogP contribution >= 0.6 is 0 Å². The third-order valence-corrected chi connectivity index (χ3v) is 2.80. The van der Waals surface area contributed by atoms with Gasteiger partial charge in [-0.15, -0.1) is 0 Å². The highest BCUT2D eigenvalue weighted by molar-refractivity contribution is 5.79. The molecule has 2 rings (SSSR count). The smallest absolute Gasteiger partial charge is 0.256 e. The Morgan fingerprint density at radius 1 is 1.38 bits per heavy atom. The van der Waals surface area contributed by atoms with Gasteiger partial charge in [-0.25, -0.2) is 0 Å². The summed E-state index contributed by atoms with van der Waals surface area (Å²) >= 11 is 0. The Kier molecular flexibility index (Phi) is 2.79. The number of benzene rings is 1. The number of aliphatic hydroxyl groups is 1. The van der Waals surface area contributed by atoms with Crippen molar-refractivity contribution in [1.82, 2.24) is 4.57 Å². The van der Waals surface area contributed by atoms with E-state index in [2.05, 4.69) is 0 Å². The lowest BCUT2D eigenvalue weighted by Gasteiger charge is -2.12. The molecule has 1 aromatic heterocycles. The number of hydrogen-bond donors (Lipinski definition) is 1. The van der Waals surface area contributed by atoms with Gasteiger partial charge in [0, 0.05) is 12.1 Å². The molecule has 3 heteroatoms. The molecule has 0 spiro atoms. The van der Waals surface area contributed by atoms with Gasteiger partial charge in [0.1, 0.15) is 0 Å². The normalized spacial score (nSPS) is 12.9. The van der Waals surface area contributed by atoms with Crippen LogP contribution in [0.25, 0.3) is 10.9 Å². The van der Waals surface area contributed by atoms with Crippen molar-refractivity contribution in [2.24, 2.45) is 0 Å². The first-order valence-corrected chi connectivity index (χ1v) is 5.45. The van der Waals surface area contributed by atoms with E-state index < -0.39 is 6.10 Å². The molecule has 16 heavy (non-hydrogen) atoms. The second kappa shape index (κ2) is 4.10. The number of rotatable bonds is 2. The second-order valence-electron chi connectivity index (χ2n) is 3.88. The lowest BCUT2D eigenvalue weighted by Crippen LogP contribution is -2.24. The third kappa shape index (κ3) is 1.63. The molecule has 1 unspecified atom stereocenters. The number of aryl methyl sites for hydroxylation is 1. The van der Waals surface area contributed by atoms with E-state index in [4.69, 9.17) is 0 Å². The first kappa shape index (κ1) is 10.9. The Bertz CT molecular complexity index is 570. The minimum atomic E-state index is -0.727. The fraction of sp³-hybridized carbons (Fsp3) is 0.308. The molecule has 0 fully saturated rings. The predicted molar refractivity (Wildman–Crippen MR) is 64.5 cm³/mol. The Hall–Kier alpha value is -1.61. The Balaban J connectivity index is 2.88. The minimum absolute atomic E-state index is 0.101. The van der Waals surface area contributed by atoms with Crippen LogP contribution in [0.15, 0.2) is 35.1 Å². The van der Waals surface area contributed by atoms with Crippen molar-refractivity contribution in [1.29, 1.82) is 0 Å². The number of aliphatic hydroxyl groups excluding tert-OH is 1. The summed E-state index contributed by atoms with van der Waals surface area (Å²) in [5, 5.41) is 10.6. The average Bonchev–Trinajstić information content (AvgIpc) is 2.28. The molecule has 1 N–H and O–H groups in total. The molecule has 3 nitrogen and oxygen atoms in total. The highest BCUT2D eigenvalue weighted by atomic mass is 16.3. The van der Waals surface area contributed by atoms with Crippen molar-refractivity contribution in [3.63, 3.8) is 0 Å². The van der Waals surface area contributed by atoms with Crippen LogP contribution in [0.3, 0.4) is 0 Å². The number of pyridine rings is 1. The summed E-state index contributed by atoms with van der Waals surface area (Å²) in [6.07, 6.45) is -0.727. The SMILES string of the molecule is CCn1c(=O)c(C(C)O)cc2ccccc21. The van der Waals surface area contributed by atoms with Crippen LogP contribution in [0, 0.1) is 0 Å². The zero-order valence-corrected chi connectivity index (χ0v) is 9.47. The van der Waals surface area contributed by atoms with Crippen molar-refractivity contribution in [3.8, 4) is 0 Å². The maximum absolute atomic E-state index is 12.1. The third-order valence-electron chi connectivity index (χ3n) is 2.80. The van der Waals surface area contributed by atoms with Crippen LogP contribution in [-0.4, -0.2) is 9.67 Å². The number of nitrogens with zero attached hydrogens (tertiary/aromatic N) is 1. The number of hydrogen-bond acceptors (Lipinski definition) is 2. The molecule has 1 heterocycles. The molecule has 0 radical (unpaired) electrons. The van der Waals surface area contributed by atoms with Crippen LogP contribution in [0.5, 0.6) is 0 Å². The molecule has 84 valence electrons. The molecule has 2 aromatic rings. The highest BCUT2D eigenvalue weighted by Crippen LogP contribution is 2.16. The molecular weight excluding hydrogens is 202 g/mol. The standard InChI is InChI=1S/C13H15NO2/c1-3-14-12-7-5-4-6-10(12)8-11(9(2)15)13(14)16/h4-9,15H,3H2,1-2H3. The zero-order valence-electron chi connectivity index (χ0n) is 9.47. The lowest BCUT2D eigenvalue weighted by molar-refractivity contribution is 0.197. The molecule has 1 aromatic carbocycles. The van der Waals surface area contributed by atoms with Gasteiger partial charge < -0.3 is 9.67 Å². The van der Waals surface area contributed by atoms with Crippen LogP contribution in [-0.2, 0) is 6.54 Å².